The fourth-order valence-electron chi connectivity index (χ4n) is 5.21. The number of fused-ring (bicyclic) bond motifs is 2. The van der Waals surface area contributed by atoms with Crippen molar-refractivity contribution >= 4 is 29.9 Å². The summed E-state index contributed by atoms with van der Waals surface area (Å²) in [5.41, 5.74) is 7.77. The van der Waals surface area contributed by atoms with E-state index in [0.29, 0.717) is 36.0 Å². The third-order valence-electron chi connectivity index (χ3n) is 6.43. The van der Waals surface area contributed by atoms with Crippen LogP contribution in [0, 0.1) is 11.3 Å². The predicted molar refractivity (Wildman–Crippen MR) is 114 cm³/mol. The van der Waals surface area contributed by atoms with E-state index in [4.69, 9.17) is 15.2 Å². The Bertz CT molecular complexity index is 628. The molecule has 1 aromatic rings. The van der Waals surface area contributed by atoms with Gasteiger partial charge < -0.3 is 20.5 Å². The molecule has 1 spiro atoms. The Hall–Kier alpha value is -1.02. The van der Waals surface area contributed by atoms with Gasteiger partial charge in [-0.3, -0.25) is 4.99 Å². The van der Waals surface area contributed by atoms with Gasteiger partial charge in [0, 0.05) is 30.5 Å². The summed E-state index contributed by atoms with van der Waals surface area (Å²) in [6, 6.07) is 8.58. The molecule has 2 saturated carbocycles. The number of halogens is 1. The van der Waals surface area contributed by atoms with E-state index >= 15 is 0 Å². The van der Waals surface area contributed by atoms with Crippen molar-refractivity contribution in [3.63, 3.8) is 0 Å². The maximum absolute atomic E-state index is 6.21. The first-order valence-electron chi connectivity index (χ1n) is 9.54. The van der Waals surface area contributed by atoms with Crippen LogP contribution >= 0.6 is 24.0 Å². The van der Waals surface area contributed by atoms with Gasteiger partial charge in [0.2, 0.25) is 0 Å². The van der Waals surface area contributed by atoms with Crippen molar-refractivity contribution in [2.24, 2.45) is 22.1 Å². The molecule has 144 valence electrons. The smallest absolute Gasteiger partial charge is 0.188 e. The van der Waals surface area contributed by atoms with E-state index in [1.807, 2.05) is 12.1 Å². The summed E-state index contributed by atoms with van der Waals surface area (Å²) < 4.78 is 11.2. The molecule has 3 unspecified atom stereocenters. The second kappa shape index (κ2) is 8.33. The number of hydrogen-bond donors (Lipinski definition) is 2. The van der Waals surface area contributed by atoms with Crippen molar-refractivity contribution in [1.82, 2.24) is 5.32 Å². The second-order valence-electron chi connectivity index (χ2n) is 7.67. The number of methoxy groups -OCH3 is 1. The van der Waals surface area contributed by atoms with E-state index in [9.17, 15) is 0 Å². The molecule has 0 amide bonds. The van der Waals surface area contributed by atoms with Crippen LogP contribution in [0.25, 0.3) is 0 Å². The number of benzene rings is 1. The minimum absolute atomic E-state index is 0. The normalized spacial score (nSPS) is 29.0. The van der Waals surface area contributed by atoms with E-state index in [1.54, 1.807) is 7.11 Å². The fourth-order valence-corrected chi connectivity index (χ4v) is 5.21. The molecule has 1 aromatic carbocycles. The SMILES string of the molecule is COc1ccc(CCN=C(N)NC2C3CCOC3C23CCCC3)cc1.I. The number of guanidine groups is 1. The quantitative estimate of drug-likeness (QED) is 0.394. The van der Waals surface area contributed by atoms with Crippen LogP contribution in [0.4, 0.5) is 0 Å². The first-order valence-corrected chi connectivity index (χ1v) is 9.54. The summed E-state index contributed by atoms with van der Waals surface area (Å²) >= 11 is 0. The minimum atomic E-state index is 0. The Morgan fingerprint density at radius 2 is 2.04 bits per heavy atom. The van der Waals surface area contributed by atoms with Crippen LogP contribution in [-0.4, -0.2) is 38.4 Å². The van der Waals surface area contributed by atoms with E-state index in [-0.39, 0.29) is 24.0 Å². The predicted octanol–water partition coefficient (Wildman–Crippen LogP) is 3.11. The number of aliphatic imine (C=N–C) groups is 1. The number of rotatable bonds is 5. The maximum Gasteiger partial charge on any atom is 0.188 e. The lowest BCUT2D eigenvalue weighted by Crippen LogP contribution is -2.69. The molecule has 5 nitrogen and oxygen atoms in total. The largest absolute Gasteiger partial charge is 0.497 e. The van der Waals surface area contributed by atoms with Crippen LogP contribution in [0.2, 0.25) is 0 Å². The summed E-state index contributed by atoms with van der Waals surface area (Å²) in [7, 11) is 1.68. The van der Waals surface area contributed by atoms with Gasteiger partial charge in [0.25, 0.3) is 0 Å². The Kier molecular flexibility index (Phi) is 6.33. The zero-order chi connectivity index (χ0) is 17.3. The van der Waals surface area contributed by atoms with Gasteiger partial charge in [0.1, 0.15) is 5.75 Å². The van der Waals surface area contributed by atoms with Crippen molar-refractivity contribution in [3.05, 3.63) is 29.8 Å². The third-order valence-corrected chi connectivity index (χ3v) is 6.43. The van der Waals surface area contributed by atoms with Crippen molar-refractivity contribution in [2.75, 3.05) is 20.3 Å². The summed E-state index contributed by atoms with van der Waals surface area (Å²) in [6.07, 6.45) is 7.68. The van der Waals surface area contributed by atoms with Gasteiger partial charge in [0.15, 0.2) is 5.96 Å². The minimum Gasteiger partial charge on any atom is -0.497 e. The summed E-state index contributed by atoms with van der Waals surface area (Å²) in [6.45, 7) is 1.61. The highest BCUT2D eigenvalue weighted by atomic mass is 127. The standard InChI is InChI=1S/C20H29N3O2.HI/c1-24-15-6-4-14(5-7-15)8-12-22-19(21)23-17-16-9-13-25-18(16)20(17)10-2-3-11-20;/h4-7,16-18H,2-3,8-13H2,1H3,(H3,21,22,23);1H. The van der Waals surface area contributed by atoms with Gasteiger partial charge in [-0.2, -0.15) is 0 Å². The molecule has 6 heteroatoms. The molecule has 1 heterocycles. The molecule has 3 aliphatic rings. The van der Waals surface area contributed by atoms with Crippen LogP contribution in [0.15, 0.2) is 29.3 Å². The highest BCUT2D eigenvalue weighted by molar-refractivity contribution is 14.0. The molecule has 1 aliphatic heterocycles. The van der Waals surface area contributed by atoms with Gasteiger partial charge >= 0.3 is 0 Å². The molecular weight excluding hydrogens is 441 g/mol. The van der Waals surface area contributed by atoms with Crippen molar-refractivity contribution in [3.8, 4) is 5.75 Å². The van der Waals surface area contributed by atoms with Gasteiger partial charge in [-0.15, -0.1) is 24.0 Å². The molecular formula is C20H30IN3O2. The zero-order valence-electron chi connectivity index (χ0n) is 15.4. The van der Waals surface area contributed by atoms with Crippen molar-refractivity contribution < 1.29 is 9.47 Å². The first kappa shape index (κ1) is 19.7. The van der Waals surface area contributed by atoms with Crippen molar-refractivity contribution in [2.45, 2.75) is 50.7 Å². The van der Waals surface area contributed by atoms with Crippen molar-refractivity contribution in [1.29, 1.82) is 0 Å². The number of nitrogens with two attached hydrogens (primary N) is 1. The molecule has 1 saturated heterocycles. The molecule has 2 aliphatic carbocycles. The molecule has 0 aromatic heterocycles. The Labute approximate surface area is 173 Å². The van der Waals surface area contributed by atoms with Crippen LogP contribution in [0.1, 0.15) is 37.7 Å². The van der Waals surface area contributed by atoms with Crippen LogP contribution in [0.5, 0.6) is 5.75 Å². The average Bonchev–Trinajstić information content (AvgIpc) is 3.29. The Balaban J connectivity index is 0.00000196. The lowest BCUT2D eigenvalue weighted by Gasteiger charge is -2.57. The molecule has 26 heavy (non-hydrogen) atoms. The van der Waals surface area contributed by atoms with Crippen LogP contribution in [-0.2, 0) is 11.2 Å². The number of hydrogen-bond acceptors (Lipinski definition) is 3. The van der Waals surface area contributed by atoms with Gasteiger partial charge in [0.05, 0.1) is 13.2 Å². The highest BCUT2D eigenvalue weighted by Gasteiger charge is 2.65. The van der Waals surface area contributed by atoms with E-state index in [1.165, 1.54) is 31.2 Å². The summed E-state index contributed by atoms with van der Waals surface area (Å²) in [5.74, 6) is 2.09. The molecule has 0 radical (unpaired) electrons. The Morgan fingerprint density at radius 3 is 2.73 bits per heavy atom. The summed E-state index contributed by atoms with van der Waals surface area (Å²) in [5, 5.41) is 3.55. The van der Waals surface area contributed by atoms with Gasteiger partial charge in [-0.1, -0.05) is 25.0 Å². The van der Waals surface area contributed by atoms with E-state index < -0.39 is 0 Å². The van der Waals surface area contributed by atoms with Gasteiger partial charge in [-0.25, -0.2) is 0 Å². The zero-order valence-corrected chi connectivity index (χ0v) is 17.8. The van der Waals surface area contributed by atoms with Gasteiger partial charge in [-0.05, 0) is 43.4 Å². The third kappa shape index (κ3) is 3.54. The maximum atomic E-state index is 6.21. The molecule has 0 bridgehead atoms. The van der Waals surface area contributed by atoms with Crippen LogP contribution < -0.4 is 15.8 Å². The molecule has 3 atom stereocenters. The average molecular weight is 471 g/mol. The summed E-state index contributed by atoms with van der Waals surface area (Å²) in [4.78, 5) is 4.56. The number of nitrogens with one attached hydrogen (secondary N) is 1. The van der Waals surface area contributed by atoms with Crippen LogP contribution in [0.3, 0.4) is 0 Å². The Morgan fingerprint density at radius 1 is 1.31 bits per heavy atom. The second-order valence-corrected chi connectivity index (χ2v) is 7.67. The molecule has 3 fully saturated rings. The molecule has 4 rings (SSSR count). The topological polar surface area (TPSA) is 68.9 Å². The number of ether oxygens (including phenoxy) is 2. The lowest BCUT2D eigenvalue weighted by molar-refractivity contribution is -0.124. The first-order chi connectivity index (χ1) is 12.2. The lowest BCUT2D eigenvalue weighted by atomic mass is 9.54. The monoisotopic (exact) mass is 471 g/mol. The fraction of sp³-hybridized carbons (Fsp3) is 0.650. The number of nitrogens with zero attached hydrogens (tertiary/aromatic N) is 1. The van der Waals surface area contributed by atoms with E-state index in [2.05, 4.69) is 22.4 Å². The highest BCUT2D eigenvalue weighted by Crippen LogP contribution is 2.60. The van der Waals surface area contributed by atoms with E-state index in [0.717, 1.165) is 25.2 Å². The molecule has 3 N–H and O–H groups in total.